The first-order chi connectivity index (χ1) is 14.7. The Bertz CT molecular complexity index is 1150. The van der Waals surface area contributed by atoms with Crippen molar-refractivity contribution in [3.63, 3.8) is 0 Å². The van der Waals surface area contributed by atoms with Crippen molar-refractivity contribution in [1.29, 1.82) is 0 Å². The summed E-state index contributed by atoms with van der Waals surface area (Å²) in [7, 11) is 1.30. The van der Waals surface area contributed by atoms with Gasteiger partial charge in [0.2, 0.25) is 0 Å². The molecule has 3 rings (SSSR count). The molecule has 0 bridgehead atoms. The Balaban J connectivity index is 1.69. The van der Waals surface area contributed by atoms with Gasteiger partial charge in [0.05, 0.1) is 24.5 Å². The van der Waals surface area contributed by atoms with Crippen LogP contribution < -0.4 is 5.43 Å². The fourth-order valence-electron chi connectivity index (χ4n) is 2.81. The first kappa shape index (κ1) is 21.8. The van der Waals surface area contributed by atoms with Crippen LogP contribution >= 0.6 is 0 Å². The molecule has 0 atom stereocenters. The summed E-state index contributed by atoms with van der Waals surface area (Å²) >= 11 is 0. The van der Waals surface area contributed by atoms with E-state index in [1.807, 2.05) is 6.92 Å². The Kier molecular flexibility index (Phi) is 6.24. The van der Waals surface area contributed by atoms with Crippen LogP contribution in [0.3, 0.4) is 0 Å². The van der Waals surface area contributed by atoms with Gasteiger partial charge in [-0.3, -0.25) is 4.79 Å². The van der Waals surface area contributed by atoms with Gasteiger partial charge in [-0.05, 0) is 55.0 Å². The van der Waals surface area contributed by atoms with Gasteiger partial charge in [0.1, 0.15) is 11.5 Å². The topological polar surface area (TPSA) is 80.9 Å². The molecule has 1 heterocycles. The van der Waals surface area contributed by atoms with Crippen molar-refractivity contribution < 1.29 is 31.9 Å². The van der Waals surface area contributed by atoms with E-state index in [9.17, 15) is 22.8 Å². The van der Waals surface area contributed by atoms with Gasteiger partial charge in [0.25, 0.3) is 5.91 Å². The second-order valence-corrected chi connectivity index (χ2v) is 6.50. The summed E-state index contributed by atoms with van der Waals surface area (Å²) in [6, 6.07) is 12.3. The number of benzene rings is 2. The number of hydrogen-bond donors (Lipinski definition) is 1. The highest BCUT2D eigenvalue weighted by molar-refractivity contribution is 5.95. The van der Waals surface area contributed by atoms with Crippen LogP contribution in [0.15, 0.2) is 64.1 Å². The molecule has 3 aromatic rings. The number of amides is 1. The first-order valence-electron chi connectivity index (χ1n) is 8.99. The fraction of sp³-hybridized carbons (Fsp3) is 0.136. The van der Waals surface area contributed by atoms with Crippen molar-refractivity contribution in [3.8, 4) is 11.3 Å². The number of esters is 1. The van der Waals surface area contributed by atoms with Crippen LogP contribution in [0.25, 0.3) is 11.3 Å². The Labute approximate surface area is 175 Å². The van der Waals surface area contributed by atoms with E-state index in [1.165, 1.54) is 19.4 Å². The number of aryl methyl sites for hydroxylation is 1. The number of nitrogens with one attached hydrogen (secondary N) is 1. The molecule has 0 saturated heterocycles. The number of hydrazone groups is 1. The normalized spacial score (nSPS) is 11.5. The third-order valence-electron chi connectivity index (χ3n) is 4.35. The SMILES string of the molecule is COC(=O)c1ccc(-c2ccc(/C=N\NC(=O)c3cccc(C(F)(F)F)c3)o2)c(C)c1. The maximum absolute atomic E-state index is 12.8. The number of nitrogens with zero attached hydrogens (tertiary/aromatic N) is 1. The minimum absolute atomic E-state index is 0.173. The number of hydrogen-bond acceptors (Lipinski definition) is 5. The van der Waals surface area contributed by atoms with Crippen molar-refractivity contribution in [2.75, 3.05) is 7.11 Å². The molecule has 0 radical (unpaired) electrons. The lowest BCUT2D eigenvalue weighted by atomic mass is 10.0. The van der Waals surface area contributed by atoms with E-state index in [4.69, 9.17) is 4.42 Å². The number of carbonyl (C=O) groups excluding carboxylic acids is 2. The number of furan rings is 1. The third-order valence-corrected chi connectivity index (χ3v) is 4.35. The lowest BCUT2D eigenvalue weighted by molar-refractivity contribution is -0.137. The highest BCUT2D eigenvalue weighted by Gasteiger charge is 2.30. The highest BCUT2D eigenvalue weighted by Crippen LogP contribution is 2.29. The van der Waals surface area contributed by atoms with Gasteiger partial charge in [-0.15, -0.1) is 0 Å². The van der Waals surface area contributed by atoms with Crippen LogP contribution in [-0.2, 0) is 10.9 Å². The maximum Gasteiger partial charge on any atom is 0.416 e. The Morgan fingerprint density at radius 1 is 1.06 bits per heavy atom. The summed E-state index contributed by atoms with van der Waals surface area (Å²) in [4.78, 5) is 23.6. The molecule has 0 fully saturated rings. The number of halogens is 3. The molecule has 0 aliphatic rings. The lowest BCUT2D eigenvalue weighted by Crippen LogP contribution is -2.18. The molecule has 0 unspecified atom stereocenters. The number of methoxy groups -OCH3 is 1. The van der Waals surface area contributed by atoms with E-state index in [-0.39, 0.29) is 5.56 Å². The predicted molar refractivity (Wildman–Crippen MR) is 107 cm³/mol. The van der Waals surface area contributed by atoms with E-state index in [2.05, 4.69) is 15.3 Å². The van der Waals surface area contributed by atoms with Crippen LogP contribution in [0, 0.1) is 6.92 Å². The largest absolute Gasteiger partial charge is 0.465 e. The molecular formula is C22H17F3N2O4. The molecular weight excluding hydrogens is 413 g/mol. The Morgan fingerprint density at radius 3 is 2.52 bits per heavy atom. The second-order valence-electron chi connectivity index (χ2n) is 6.50. The second kappa shape index (κ2) is 8.86. The fourth-order valence-corrected chi connectivity index (χ4v) is 2.81. The van der Waals surface area contributed by atoms with Gasteiger partial charge in [0.15, 0.2) is 0 Å². The van der Waals surface area contributed by atoms with Crippen molar-refractivity contribution in [1.82, 2.24) is 5.43 Å². The number of ether oxygens (including phenoxy) is 1. The zero-order valence-electron chi connectivity index (χ0n) is 16.5. The number of carbonyl (C=O) groups is 2. The number of rotatable bonds is 5. The van der Waals surface area contributed by atoms with Crippen LogP contribution in [0.4, 0.5) is 13.2 Å². The average Bonchev–Trinajstić information content (AvgIpc) is 3.21. The predicted octanol–water partition coefficient (Wildman–Crippen LogP) is 4.82. The standard InChI is InChI=1S/C22H17F3N2O4/c1-13-10-15(21(29)30-2)6-8-18(13)19-9-7-17(31-19)12-26-27-20(28)14-4-3-5-16(11-14)22(23,24)25/h3-12H,1-2H3,(H,27,28)/b26-12-. The van der Waals surface area contributed by atoms with E-state index in [0.717, 1.165) is 29.3 Å². The zero-order chi connectivity index (χ0) is 22.6. The van der Waals surface area contributed by atoms with Crippen molar-refractivity contribution >= 4 is 18.1 Å². The van der Waals surface area contributed by atoms with E-state index in [1.54, 1.807) is 30.3 Å². The first-order valence-corrected chi connectivity index (χ1v) is 8.99. The molecule has 0 aliphatic heterocycles. The van der Waals surface area contributed by atoms with Crippen LogP contribution in [0.2, 0.25) is 0 Å². The van der Waals surface area contributed by atoms with Gasteiger partial charge in [-0.25, -0.2) is 10.2 Å². The van der Waals surface area contributed by atoms with E-state index < -0.39 is 23.6 Å². The minimum atomic E-state index is -4.54. The molecule has 1 amide bonds. The highest BCUT2D eigenvalue weighted by atomic mass is 19.4. The molecule has 1 N–H and O–H groups in total. The third kappa shape index (κ3) is 5.19. The molecule has 0 aliphatic carbocycles. The lowest BCUT2D eigenvalue weighted by Gasteiger charge is -2.07. The quantitative estimate of drug-likeness (QED) is 0.357. The smallest absolute Gasteiger partial charge is 0.416 e. The number of alkyl halides is 3. The minimum Gasteiger partial charge on any atom is -0.465 e. The monoisotopic (exact) mass is 430 g/mol. The summed E-state index contributed by atoms with van der Waals surface area (Å²) in [5.41, 5.74) is 3.02. The Hall–Kier alpha value is -3.88. The summed E-state index contributed by atoms with van der Waals surface area (Å²) in [6.45, 7) is 1.81. The molecule has 160 valence electrons. The van der Waals surface area contributed by atoms with E-state index >= 15 is 0 Å². The van der Waals surface area contributed by atoms with Gasteiger partial charge < -0.3 is 9.15 Å². The zero-order valence-corrected chi connectivity index (χ0v) is 16.5. The summed E-state index contributed by atoms with van der Waals surface area (Å²) in [6.07, 6.45) is -3.32. The van der Waals surface area contributed by atoms with Crippen LogP contribution in [0.5, 0.6) is 0 Å². The summed E-state index contributed by atoms with van der Waals surface area (Å²) in [5.74, 6) is -0.405. The Morgan fingerprint density at radius 2 is 1.84 bits per heavy atom. The molecule has 31 heavy (non-hydrogen) atoms. The maximum atomic E-state index is 12.8. The average molecular weight is 430 g/mol. The van der Waals surface area contributed by atoms with E-state index in [0.29, 0.717) is 17.1 Å². The van der Waals surface area contributed by atoms with Crippen molar-refractivity contribution in [2.45, 2.75) is 13.1 Å². The van der Waals surface area contributed by atoms with Crippen LogP contribution in [-0.4, -0.2) is 25.2 Å². The molecule has 0 saturated carbocycles. The molecule has 2 aromatic carbocycles. The van der Waals surface area contributed by atoms with Crippen molar-refractivity contribution in [2.24, 2.45) is 5.10 Å². The summed E-state index contributed by atoms with van der Waals surface area (Å²) in [5, 5.41) is 3.73. The molecule has 0 spiro atoms. The molecule has 6 nitrogen and oxygen atoms in total. The van der Waals surface area contributed by atoms with Crippen LogP contribution in [0.1, 0.15) is 37.6 Å². The van der Waals surface area contributed by atoms with Gasteiger partial charge in [0, 0.05) is 11.1 Å². The van der Waals surface area contributed by atoms with Gasteiger partial charge in [-0.1, -0.05) is 12.1 Å². The van der Waals surface area contributed by atoms with Gasteiger partial charge in [-0.2, -0.15) is 18.3 Å². The summed E-state index contributed by atoms with van der Waals surface area (Å²) < 4.78 is 48.6. The van der Waals surface area contributed by atoms with Crippen molar-refractivity contribution in [3.05, 3.63) is 82.6 Å². The molecule has 1 aromatic heterocycles. The van der Waals surface area contributed by atoms with Gasteiger partial charge >= 0.3 is 12.1 Å². The molecule has 9 heteroatoms.